The smallest absolute Gasteiger partial charge is 0.165 e. The van der Waals surface area contributed by atoms with Gasteiger partial charge >= 0.3 is 0 Å². The van der Waals surface area contributed by atoms with Gasteiger partial charge in [-0.1, -0.05) is 0 Å². The van der Waals surface area contributed by atoms with Gasteiger partial charge in [0.15, 0.2) is 11.6 Å². The van der Waals surface area contributed by atoms with Crippen LogP contribution < -0.4 is 9.47 Å². The van der Waals surface area contributed by atoms with E-state index in [0.29, 0.717) is 5.92 Å². The van der Waals surface area contributed by atoms with Crippen LogP contribution in [0.1, 0.15) is 24.3 Å². The first kappa shape index (κ1) is 9.31. The van der Waals surface area contributed by atoms with E-state index in [1.165, 1.54) is 13.2 Å². The van der Waals surface area contributed by atoms with E-state index in [2.05, 4.69) is 0 Å². The molecule has 1 aliphatic rings. The van der Waals surface area contributed by atoms with Crippen molar-refractivity contribution in [3.8, 4) is 11.5 Å². The van der Waals surface area contributed by atoms with Crippen molar-refractivity contribution in [3.05, 3.63) is 23.5 Å². The predicted octanol–water partition coefficient (Wildman–Crippen LogP) is 2.72. The quantitative estimate of drug-likeness (QED) is 0.740. The molecule has 0 saturated heterocycles. The van der Waals surface area contributed by atoms with E-state index in [4.69, 9.17) is 9.47 Å². The lowest BCUT2D eigenvalue weighted by atomic mass is 10.1. The van der Waals surface area contributed by atoms with Crippen LogP contribution in [0.2, 0.25) is 0 Å². The van der Waals surface area contributed by atoms with Crippen molar-refractivity contribution in [1.82, 2.24) is 0 Å². The average molecular weight is 196 g/mol. The first-order valence-electron chi connectivity index (χ1n) is 4.67. The molecule has 1 fully saturated rings. The number of methoxy groups -OCH3 is 2. The highest BCUT2D eigenvalue weighted by molar-refractivity contribution is 5.45. The average Bonchev–Trinajstić information content (AvgIpc) is 3.00. The summed E-state index contributed by atoms with van der Waals surface area (Å²) in [6.45, 7) is 0. The molecule has 0 spiro atoms. The van der Waals surface area contributed by atoms with Crippen LogP contribution in [0.5, 0.6) is 11.5 Å². The van der Waals surface area contributed by atoms with Gasteiger partial charge in [-0.15, -0.1) is 0 Å². The minimum Gasteiger partial charge on any atom is -0.496 e. The van der Waals surface area contributed by atoms with Gasteiger partial charge in [-0.25, -0.2) is 4.39 Å². The predicted molar refractivity (Wildman–Crippen MR) is 51.5 cm³/mol. The Morgan fingerprint density at radius 1 is 1.14 bits per heavy atom. The van der Waals surface area contributed by atoms with E-state index in [9.17, 15) is 4.39 Å². The maximum Gasteiger partial charge on any atom is 0.165 e. The van der Waals surface area contributed by atoms with Gasteiger partial charge in [0.25, 0.3) is 0 Å². The second-order valence-electron chi connectivity index (χ2n) is 3.50. The zero-order chi connectivity index (χ0) is 10.1. The van der Waals surface area contributed by atoms with Crippen molar-refractivity contribution in [2.75, 3.05) is 14.2 Å². The van der Waals surface area contributed by atoms with Crippen LogP contribution in [0.15, 0.2) is 12.1 Å². The summed E-state index contributed by atoms with van der Waals surface area (Å²) in [5.41, 5.74) is 0.964. The standard InChI is InChI=1S/C11H13FO2/c1-13-10-6-11(14-2)9(12)5-8(10)7-3-4-7/h5-7H,3-4H2,1-2H3. The Hall–Kier alpha value is -1.25. The molecule has 0 amide bonds. The fraction of sp³-hybridized carbons (Fsp3) is 0.455. The van der Waals surface area contributed by atoms with Crippen molar-refractivity contribution < 1.29 is 13.9 Å². The van der Waals surface area contributed by atoms with E-state index in [1.54, 1.807) is 13.2 Å². The molecule has 0 radical (unpaired) electrons. The second-order valence-corrected chi connectivity index (χ2v) is 3.50. The van der Waals surface area contributed by atoms with Gasteiger partial charge in [0.1, 0.15) is 5.75 Å². The van der Waals surface area contributed by atoms with Crippen LogP contribution in [0.4, 0.5) is 4.39 Å². The Kier molecular flexibility index (Phi) is 2.32. The molecule has 0 heterocycles. The fourth-order valence-electron chi connectivity index (χ4n) is 1.60. The Balaban J connectivity index is 2.43. The van der Waals surface area contributed by atoms with Gasteiger partial charge in [-0.05, 0) is 24.8 Å². The summed E-state index contributed by atoms with van der Waals surface area (Å²) in [6, 6.07) is 3.14. The zero-order valence-electron chi connectivity index (χ0n) is 8.34. The van der Waals surface area contributed by atoms with Crippen molar-refractivity contribution in [2.45, 2.75) is 18.8 Å². The van der Waals surface area contributed by atoms with Gasteiger partial charge < -0.3 is 9.47 Å². The molecular formula is C11H13FO2. The molecule has 1 saturated carbocycles. The molecule has 14 heavy (non-hydrogen) atoms. The number of hydrogen-bond donors (Lipinski definition) is 0. The SMILES string of the molecule is COc1cc(OC)c(C2CC2)cc1F. The molecule has 0 bridgehead atoms. The monoisotopic (exact) mass is 196 g/mol. The molecule has 1 aliphatic carbocycles. The van der Waals surface area contributed by atoms with E-state index in [1.807, 2.05) is 0 Å². The summed E-state index contributed by atoms with van der Waals surface area (Å²) in [5.74, 6) is 1.14. The Morgan fingerprint density at radius 3 is 2.29 bits per heavy atom. The number of halogens is 1. The van der Waals surface area contributed by atoms with Crippen molar-refractivity contribution in [1.29, 1.82) is 0 Å². The summed E-state index contributed by atoms with van der Waals surface area (Å²) in [4.78, 5) is 0. The maximum atomic E-state index is 13.4. The molecule has 1 aromatic carbocycles. The summed E-state index contributed by atoms with van der Waals surface area (Å²) in [7, 11) is 3.05. The van der Waals surface area contributed by atoms with Crippen molar-refractivity contribution in [2.24, 2.45) is 0 Å². The fourth-order valence-corrected chi connectivity index (χ4v) is 1.60. The lowest BCUT2D eigenvalue weighted by Crippen LogP contribution is -1.95. The zero-order valence-corrected chi connectivity index (χ0v) is 8.34. The minimum absolute atomic E-state index is 0.242. The van der Waals surface area contributed by atoms with Crippen molar-refractivity contribution >= 4 is 0 Å². The van der Waals surface area contributed by atoms with Gasteiger partial charge in [-0.2, -0.15) is 0 Å². The molecule has 2 rings (SSSR count). The van der Waals surface area contributed by atoms with Crippen LogP contribution in [-0.2, 0) is 0 Å². The summed E-state index contributed by atoms with van der Waals surface area (Å²) in [6.07, 6.45) is 2.25. The molecule has 3 heteroatoms. The van der Waals surface area contributed by atoms with Crippen LogP contribution in [-0.4, -0.2) is 14.2 Å². The van der Waals surface area contributed by atoms with Gasteiger partial charge in [0, 0.05) is 11.6 Å². The largest absolute Gasteiger partial charge is 0.496 e. The number of ether oxygens (including phenoxy) is 2. The van der Waals surface area contributed by atoms with E-state index in [-0.39, 0.29) is 11.6 Å². The van der Waals surface area contributed by atoms with Crippen LogP contribution in [0.3, 0.4) is 0 Å². The lowest BCUT2D eigenvalue weighted by Gasteiger charge is -2.10. The molecule has 2 nitrogen and oxygen atoms in total. The topological polar surface area (TPSA) is 18.5 Å². The summed E-state index contributed by atoms with van der Waals surface area (Å²) < 4.78 is 23.5. The van der Waals surface area contributed by atoms with Gasteiger partial charge in [0.05, 0.1) is 14.2 Å². The van der Waals surface area contributed by atoms with Crippen LogP contribution in [0.25, 0.3) is 0 Å². The van der Waals surface area contributed by atoms with Crippen LogP contribution in [0, 0.1) is 5.82 Å². The molecule has 0 N–H and O–H groups in total. The maximum absolute atomic E-state index is 13.4. The minimum atomic E-state index is -0.310. The first-order chi connectivity index (χ1) is 6.76. The molecule has 0 aliphatic heterocycles. The number of hydrogen-bond acceptors (Lipinski definition) is 2. The van der Waals surface area contributed by atoms with E-state index < -0.39 is 0 Å². The first-order valence-corrected chi connectivity index (χ1v) is 4.67. The molecular weight excluding hydrogens is 183 g/mol. The normalized spacial score (nSPS) is 15.4. The Morgan fingerprint density at radius 2 is 1.79 bits per heavy atom. The lowest BCUT2D eigenvalue weighted by molar-refractivity contribution is 0.371. The highest BCUT2D eigenvalue weighted by Gasteiger charge is 2.28. The van der Waals surface area contributed by atoms with Gasteiger partial charge in [-0.3, -0.25) is 0 Å². The highest BCUT2D eigenvalue weighted by Crippen LogP contribution is 2.45. The molecule has 76 valence electrons. The molecule has 0 aromatic heterocycles. The van der Waals surface area contributed by atoms with E-state index in [0.717, 1.165) is 24.2 Å². The van der Waals surface area contributed by atoms with Crippen molar-refractivity contribution in [3.63, 3.8) is 0 Å². The van der Waals surface area contributed by atoms with Gasteiger partial charge in [0.2, 0.25) is 0 Å². The second kappa shape index (κ2) is 3.48. The molecule has 1 aromatic rings. The Labute approximate surface area is 82.6 Å². The van der Waals surface area contributed by atoms with Crippen LogP contribution >= 0.6 is 0 Å². The Bertz CT molecular complexity index is 345. The number of rotatable bonds is 3. The third-order valence-electron chi connectivity index (χ3n) is 2.52. The highest BCUT2D eigenvalue weighted by atomic mass is 19.1. The summed E-state index contributed by atoms with van der Waals surface area (Å²) >= 11 is 0. The number of benzene rings is 1. The summed E-state index contributed by atoms with van der Waals surface area (Å²) in [5, 5.41) is 0. The van der Waals surface area contributed by atoms with E-state index >= 15 is 0 Å². The third kappa shape index (κ3) is 1.54. The molecule has 0 unspecified atom stereocenters. The third-order valence-corrected chi connectivity index (χ3v) is 2.52. The molecule has 0 atom stereocenters.